The lowest BCUT2D eigenvalue weighted by molar-refractivity contribution is -0.145. The molecule has 3 aromatic rings. The zero-order valence-corrected chi connectivity index (χ0v) is 18.4. The largest absolute Gasteiger partial charge is 0.399 e. The Morgan fingerprint density at radius 2 is 1.91 bits per heavy atom. The van der Waals surface area contributed by atoms with Crippen LogP contribution in [0.5, 0.6) is 0 Å². The molecule has 5 rings (SSSR count). The highest BCUT2D eigenvalue weighted by Crippen LogP contribution is 2.49. The number of nitrogen functional groups attached to an aromatic ring is 1. The highest BCUT2D eigenvalue weighted by molar-refractivity contribution is 6.31. The Kier molecular flexibility index (Phi) is 5.59. The van der Waals surface area contributed by atoms with Crippen molar-refractivity contribution in [1.29, 1.82) is 0 Å². The maximum absolute atomic E-state index is 14.0. The van der Waals surface area contributed by atoms with Crippen LogP contribution in [-0.2, 0) is 21.7 Å². The highest BCUT2D eigenvalue weighted by atomic mass is 35.5. The van der Waals surface area contributed by atoms with Crippen LogP contribution >= 0.6 is 11.6 Å². The minimum atomic E-state index is -0.713. The van der Waals surface area contributed by atoms with Crippen molar-refractivity contribution in [3.05, 3.63) is 88.6 Å². The van der Waals surface area contributed by atoms with Gasteiger partial charge >= 0.3 is 0 Å². The summed E-state index contributed by atoms with van der Waals surface area (Å²) in [6, 6.07) is 19.0. The molecule has 32 heavy (non-hydrogen) atoms. The molecule has 2 aromatic carbocycles. The van der Waals surface area contributed by atoms with Crippen molar-refractivity contribution in [1.82, 2.24) is 10.3 Å². The van der Waals surface area contributed by atoms with Gasteiger partial charge in [0.15, 0.2) is 6.10 Å². The summed E-state index contributed by atoms with van der Waals surface area (Å²) in [4.78, 5) is 20.1. The van der Waals surface area contributed by atoms with Crippen molar-refractivity contribution in [2.45, 2.75) is 31.1 Å². The van der Waals surface area contributed by atoms with Crippen molar-refractivity contribution in [2.75, 3.05) is 23.7 Å². The smallest absolute Gasteiger partial charge is 0.262 e. The molecule has 0 unspecified atom stereocenters. The maximum Gasteiger partial charge on any atom is 0.262 e. The summed E-state index contributed by atoms with van der Waals surface area (Å²) in [6.45, 7) is 1.98. The summed E-state index contributed by atoms with van der Waals surface area (Å²) in [6.07, 6.45) is 2.55. The number of nitrogens with zero attached hydrogens (tertiary/aromatic N) is 2. The van der Waals surface area contributed by atoms with Gasteiger partial charge in [-0.3, -0.25) is 9.69 Å². The number of ether oxygens (including phenoxy) is 1. The zero-order chi connectivity index (χ0) is 22.1. The molecule has 1 saturated heterocycles. The molecule has 164 valence electrons. The van der Waals surface area contributed by atoms with E-state index < -0.39 is 11.7 Å². The summed E-state index contributed by atoms with van der Waals surface area (Å²) in [7, 11) is 0. The van der Waals surface area contributed by atoms with E-state index in [1.165, 1.54) is 0 Å². The lowest BCUT2D eigenvalue weighted by Gasteiger charge is -2.35. The Morgan fingerprint density at radius 3 is 2.69 bits per heavy atom. The number of hydrogen-bond acceptors (Lipinski definition) is 5. The van der Waals surface area contributed by atoms with E-state index in [0.29, 0.717) is 16.5 Å². The Bertz CT molecular complexity index is 1150. The second-order valence-electron chi connectivity index (χ2n) is 8.29. The molecular weight excluding hydrogens is 424 g/mol. The number of piperidine rings is 1. The van der Waals surface area contributed by atoms with Crippen molar-refractivity contribution in [2.24, 2.45) is 0 Å². The number of fused-ring (bicyclic) bond motifs is 2. The molecule has 0 saturated carbocycles. The fourth-order valence-electron chi connectivity index (χ4n) is 4.69. The predicted molar refractivity (Wildman–Crippen MR) is 125 cm³/mol. The van der Waals surface area contributed by atoms with E-state index in [0.717, 1.165) is 42.6 Å². The van der Waals surface area contributed by atoms with Gasteiger partial charge in [-0.25, -0.2) is 4.98 Å². The quantitative estimate of drug-likeness (QED) is 0.625. The van der Waals surface area contributed by atoms with Gasteiger partial charge in [-0.05, 0) is 54.8 Å². The molecule has 2 aliphatic rings. The molecule has 6 nitrogen and oxygen atoms in total. The van der Waals surface area contributed by atoms with Crippen molar-refractivity contribution >= 4 is 29.0 Å². The van der Waals surface area contributed by atoms with Crippen LogP contribution in [0.1, 0.15) is 35.6 Å². The third-order valence-electron chi connectivity index (χ3n) is 6.31. The van der Waals surface area contributed by atoms with Crippen LogP contribution in [0.15, 0.2) is 66.9 Å². The molecule has 1 fully saturated rings. The topological polar surface area (TPSA) is 80.5 Å². The third kappa shape index (κ3) is 3.75. The summed E-state index contributed by atoms with van der Waals surface area (Å²) < 4.78 is 6.60. The average Bonchev–Trinajstić information content (AvgIpc) is 3.12. The Hall–Kier alpha value is -2.93. The number of carbonyl (C=O) groups excluding carboxylic acids is 1. The number of aromatic nitrogens is 1. The van der Waals surface area contributed by atoms with Gasteiger partial charge in [-0.1, -0.05) is 54.1 Å². The number of halogens is 1. The van der Waals surface area contributed by atoms with Gasteiger partial charge in [0, 0.05) is 23.0 Å². The molecule has 1 spiro atoms. The first kappa shape index (κ1) is 20.9. The molecular formula is C25H25ClN4O2. The molecule has 1 aromatic heterocycles. The van der Waals surface area contributed by atoms with Crippen LogP contribution in [-0.4, -0.2) is 24.0 Å². The SMILES string of the molecule is Nc1ccnc(N(Cc2ccccc2Cl)C(=O)[C@@H]2OC3(CCNCC3)c3ccccc32)c1. The number of benzene rings is 2. The third-order valence-corrected chi connectivity index (χ3v) is 6.68. The first-order valence-corrected chi connectivity index (χ1v) is 11.2. The molecule has 0 aliphatic carbocycles. The minimum Gasteiger partial charge on any atom is -0.399 e. The molecule has 3 heterocycles. The fraction of sp³-hybridized carbons (Fsp3) is 0.280. The lowest BCUT2D eigenvalue weighted by atomic mass is 9.84. The molecule has 1 amide bonds. The van der Waals surface area contributed by atoms with E-state index in [2.05, 4.69) is 16.4 Å². The van der Waals surface area contributed by atoms with Gasteiger partial charge in [0.1, 0.15) is 5.82 Å². The normalized spacial score (nSPS) is 19.0. The van der Waals surface area contributed by atoms with Gasteiger partial charge in [0.2, 0.25) is 0 Å². The Labute approximate surface area is 192 Å². The molecule has 3 N–H and O–H groups in total. The number of anilines is 2. The zero-order valence-electron chi connectivity index (χ0n) is 17.6. The van der Waals surface area contributed by atoms with E-state index in [-0.39, 0.29) is 12.5 Å². The lowest BCUT2D eigenvalue weighted by Crippen LogP contribution is -2.41. The predicted octanol–water partition coefficient (Wildman–Crippen LogP) is 4.20. The summed E-state index contributed by atoms with van der Waals surface area (Å²) in [5.74, 6) is 0.299. The van der Waals surface area contributed by atoms with Crippen LogP contribution in [0.25, 0.3) is 0 Å². The molecule has 0 radical (unpaired) electrons. The van der Waals surface area contributed by atoms with Crippen LogP contribution in [0.3, 0.4) is 0 Å². The van der Waals surface area contributed by atoms with Crippen LogP contribution in [0, 0.1) is 0 Å². The van der Waals surface area contributed by atoms with Gasteiger partial charge in [-0.15, -0.1) is 0 Å². The summed E-state index contributed by atoms with van der Waals surface area (Å²) in [5, 5.41) is 3.98. The summed E-state index contributed by atoms with van der Waals surface area (Å²) >= 11 is 6.43. The van der Waals surface area contributed by atoms with Crippen molar-refractivity contribution in [3.8, 4) is 0 Å². The van der Waals surface area contributed by atoms with Crippen LogP contribution < -0.4 is 16.0 Å². The molecule has 2 aliphatic heterocycles. The van der Waals surface area contributed by atoms with Gasteiger partial charge in [0.05, 0.1) is 12.1 Å². The summed E-state index contributed by atoms with van der Waals surface area (Å²) in [5.41, 5.74) is 8.97. The average molecular weight is 449 g/mol. The van der Waals surface area contributed by atoms with E-state index in [1.807, 2.05) is 42.5 Å². The number of carbonyl (C=O) groups is 1. The van der Waals surface area contributed by atoms with E-state index in [9.17, 15) is 4.79 Å². The van der Waals surface area contributed by atoms with Crippen LogP contribution in [0.2, 0.25) is 5.02 Å². The second kappa shape index (κ2) is 8.54. The van der Waals surface area contributed by atoms with Gasteiger partial charge in [-0.2, -0.15) is 0 Å². The number of nitrogens with one attached hydrogen (secondary N) is 1. The number of rotatable bonds is 4. The van der Waals surface area contributed by atoms with E-state index in [4.69, 9.17) is 22.1 Å². The molecule has 1 atom stereocenters. The van der Waals surface area contributed by atoms with E-state index >= 15 is 0 Å². The number of nitrogens with two attached hydrogens (primary N) is 1. The van der Waals surface area contributed by atoms with E-state index in [1.54, 1.807) is 23.2 Å². The maximum atomic E-state index is 14.0. The van der Waals surface area contributed by atoms with Crippen molar-refractivity contribution in [3.63, 3.8) is 0 Å². The first-order chi connectivity index (χ1) is 15.6. The monoisotopic (exact) mass is 448 g/mol. The Balaban J connectivity index is 1.55. The second-order valence-corrected chi connectivity index (χ2v) is 8.70. The first-order valence-electron chi connectivity index (χ1n) is 10.8. The van der Waals surface area contributed by atoms with Gasteiger partial charge in [0.25, 0.3) is 5.91 Å². The standard InChI is InChI=1S/C25H25ClN4O2/c26-21-8-4-1-5-17(21)16-30(22-15-18(27)9-12-29-22)24(31)23-19-6-2-3-7-20(19)25(32-23)10-13-28-14-11-25/h1-9,12,15,23,28H,10-11,13-14,16H2,(H2,27,29)/t23-/m1/s1. The fourth-order valence-corrected chi connectivity index (χ4v) is 4.88. The highest BCUT2D eigenvalue weighted by Gasteiger charge is 2.48. The Morgan fingerprint density at radius 1 is 1.16 bits per heavy atom. The number of amides is 1. The molecule has 0 bridgehead atoms. The molecule has 7 heteroatoms. The number of hydrogen-bond donors (Lipinski definition) is 2. The van der Waals surface area contributed by atoms with Crippen molar-refractivity contribution < 1.29 is 9.53 Å². The number of pyridine rings is 1. The van der Waals surface area contributed by atoms with Gasteiger partial charge < -0.3 is 15.8 Å². The van der Waals surface area contributed by atoms with Crippen LogP contribution in [0.4, 0.5) is 11.5 Å². The minimum absolute atomic E-state index is 0.175.